The molecule has 2 heterocycles. The average molecular weight is 404 g/mol. The Labute approximate surface area is 169 Å². The maximum Gasteiger partial charge on any atom is 0.225 e. The number of halogens is 2. The Balaban J connectivity index is 0.00000169. The van der Waals surface area contributed by atoms with E-state index >= 15 is 0 Å². The molecule has 26 heavy (non-hydrogen) atoms. The monoisotopic (exact) mass is 403 g/mol. The summed E-state index contributed by atoms with van der Waals surface area (Å²) < 4.78 is 5.90. The van der Waals surface area contributed by atoms with Gasteiger partial charge >= 0.3 is 0 Å². The molecule has 0 spiro atoms. The van der Waals surface area contributed by atoms with Crippen LogP contribution in [0.2, 0.25) is 0 Å². The van der Waals surface area contributed by atoms with Crippen LogP contribution in [0.25, 0.3) is 0 Å². The molecule has 0 aliphatic carbocycles. The molecule has 3 rings (SSSR count). The van der Waals surface area contributed by atoms with Crippen LogP contribution in [0.1, 0.15) is 37.7 Å². The SMILES string of the molecule is Cc1cc(NC(=O)CC2CCCN2)ccc1OCCN1CCCC1.Cl.Cl. The lowest BCUT2D eigenvalue weighted by molar-refractivity contribution is -0.116. The van der Waals surface area contributed by atoms with Gasteiger partial charge in [0.15, 0.2) is 0 Å². The summed E-state index contributed by atoms with van der Waals surface area (Å²) in [6.07, 6.45) is 5.43. The third-order valence-electron chi connectivity index (χ3n) is 4.92. The molecule has 7 heteroatoms. The zero-order valence-corrected chi connectivity index (χ0v) is 17.1. The first-order valence-corrected chi connectivity index (χ1v) is 9.20. The van der Waals surface area contributed by atoms with E-state index in [0.717, 1.165) is 43.1 Å². The highest BCUT2D eigenvalue weighted by Gasteiger charge is 2.17. The molecule has 1 unspecified atom stereocenters. The van der Waals surface area contributed by atoms with Crippen LogP contribution in [-0.2, 0) is 4.79 Å². The number of hydrogen-bond donors (Lipinski definition) is 2. The van der Waals surface area contributed by atoms with E-state index in [0.29, 0.717) is 12.5 Å². The second-order valence-electron chi connectivity index (χ2n) is 6.92. The number of rotatable bonds is 7. The minimum atomic E-state index is 0. The minimum absolute atomic E-state index is 0. The lowest BCUT2D eigenvalue weighted by Gasteiger charge is -2.16. The van der Waals surface area contributed by atoms with Crippen molar-refractivity contribution in [1.82, 2.24) is 10.2 Å². The molecular weight excluding hydrogens is 373 g/mol. The summed E-state index contributed by atoms with van der Waals surface area (Å²) in [5.74, 6) is 0.987. The van der Waals surface area contributed by atoms with Crippen molar-refractivity contribution in [3.05, 3.63) is 23.8 Å². The van der Waals surface area contributed by atoms with Gasteiger partial charge in [0.05, 0.1) is 0 Å². The minimum Gasteiger partial charge on any atom is -0.492 e. The van der Waals surface area contributed by atoms with Gasteiger partial charge in [-0.05, 0) is 76.0 Å². The van der Waals surface area contributed by atoms with Gasteiger partial charge < -0.3 is 15.4 Å². The Morgan fingerprint density at radius 3 is 2.69 bits per heavy atom. The van der Waals surface area contributed by atoms with Crippen molar-refractivity contribution in [3.63, 3.8) is 0 Å². The summed E-state index contributed by atoms with van der Waals surface area (Å²) in [5.41, 5.74) is 1.91. The number of hydrogen-bond acceptors (Lipinski definition) is 4. The van der Waals surface area contributed by atoms with Crippen molar-refractivity contribution in [2.24, 2.45) is 0 Å². The van der Waals surface area contributed by atoms with Gasteiger partial charge in [0.2, 0.25) is 5.91 Å². The molecule has 1 amide bonds. The first-order valence-electron chi connectivity index (χ1n) is 9.20. The molecule has 0 saturated carbocycles. The highest BCUT2D eigenvalue weighted by molar-refractivity contribution is 5.91. The van der Waals surface area contributed by atoms with E-state index in [4.69, 9.17) is 4.74 Å². The van der Waals surface area contributed by atoms with Crippen LogP contribution < -0.4 is 15.4 Å². The number of benzene rings is 1. The summed E-state index contributed by atoms with van der Waals surface area (Å²) >= 11 is 0. The normalized spacial score (nSPS) is 19.5. The Morgan fingerprint density at radius 2 is 2.04 bits per heavy atom. The summed E-state index contributed by atoms with van der Waals surface area (Å²) in [5, 5.41) is 6.35. The van der Waals surface area contributed by atoms with Gasteiger partial charge in [-0.2, -0.15) is 0 Å². The molecule has 2 fully saturated rings. The number of carbonyl (C=O) groups excluding carboxylic acids is 1. The summed E-state index contributed by atoms with van der Waals surface area (Å²) in [4.78, 5) is 14.5. The number of amides is 1. The molecule has 148 valence electrons. The Hall–Kier alpha value is -1.01. The standard InChI is InChI=1S/C19H29N3O2.2ClH/c1-15-13-17(21-19(23)14-16-5-4-8-20-16)6-7-18(15)24-12-11-22-9-2-3-10-22;;/h6-7,13,16,20H,2-5,8-12,14H2,1H3,(H,21,23);2*1H. The predicted molar refractivity (Wildman–Crippen MR) is 111 cm³/mol. The Bertz CT molecular complexity index is 560. The van der Waals surface area contributed by atoms with E-state index in [1.54, 1.807) is 0 Å². The van der Waals surface area contributed by atoms with Crippen LogP contribution >= 0.6 is 24.8 Å². The number of nitrogens with zero attached hydrogens (tertiary/aromatic N) is 1. The second-order valence-corrected chi connectivity index (χ2v) is 6.92. The van der Waals surface area contributed by atoms with E-state index < -0.39 is 0 Å². The molecule has 2 aliphatic heterocycles. The van der Waals surface area contributed by atoms with Crippen molar-refractivity contribution in [1.29, 1.82) is 0 Å². The van der Waals surface area contributed by atoms with Gasteiger partial charge in [0.25, 0.3) is 0 Å². The number of ether oxygens (including phenoxy) is 1. The molecule has 1 aromatic carbocycles. The smallest absolute Gasteiger partial charge is 0.225 e. The van der Waals surface area contributed by atoms with Crippen molar-refractivity contribution in [3.8, 4) is 5.75 Å². The molecule has 2 saturated heterocycles. The predicted octanol–water partition coefficient (Wildman–Crippen LogP) is 3.39. The van der Waals surface area contributed by atoms with Gasteiger partial charge in [0.1, 0.15) is 12.4 Å². The van der Waals surface area contributed by atoms with E-state index in [2.05, 4.69) is 15.5 Å². The van der Waals surface area contributed by atoms with Crippen LogP contribution in [0, 0.1) is 6.92 Å². The molecular formula is C19H31Cl2N3O2. The van der Waals surface area contributed by atoms with Gasteiger partial charge in [-0.3, -0.25) is 9.69 Å². The fraction of sp³-hybridized carbons (Fsp3) is 0.632. The zero-order chi connectivity index (χ0) is 16.8. The van der Waals surface area contributed by atoms with E-state index in [-0.39, 0.29) is 30.7 Å². The van der Waals surface area contributed by atoms with Crippen molar-refractivity contribution in [2.75, 3.05) is 38.1 Å². The third-order valence-corrected chi connectivity index (χ3v) is 4.92. The molecule has 2 aliphatic rings. The molecule has 5 nitrogen and oxygen atoms in total. The number of likely N-dealkylation sites (tertiary alicyclic amines) is 1. The second kappa shape index (κ2) is 11.7. The van der Waals surface area contributed by atoms with E-state index in [1.807, 2.05) is 25.1 Å². The highest BCUT2D eigenvalue weighted by atomic mass is 35.5. The van der Waals surface area contributed by atoms with Gasteiger partial charge in [0, 0.05) is 24.7 Å². The lowest BCUT2D eigenvalue weighted by atomic mass is 10.1. The van der Waals surface area contributed by atoms with Crippen molar-refractivity contribution >= 4 is 36.4 Å². The topological polar surface area (TPSA) is 53.6 Å². The van der Waals surface area contributed by atoms with Crippen molar-refractivity contribution < 1.29 is 9.53 Å². The van der Waals surface area contributed by atoms with Crippen LogP contribution in [0.4, 0.5) is 5.69 Å². The Kier molecular flexibility index (Phi) is 10.3. The van der Waals surface area contributed by atoms with Gasteiger partial charge in [-0.1, -0.05) is 0 Å². The molecule has 0 radical (unpaired) electrons. The first-order chi connectivity index (χ1) is 11.7. The maximum absolute atomic E-state index is 12.1. The fourth-order valence-corrected chi connectivity index (χ4v) is 3.55. The van der Waals surface area contributed by atoms with Crippen LogP contribution in [0.3, 0.4) is 0 Å². The molecule has 0 bridgehead atoms. The maximum atomic E-state index is 12.1. The number of anilines is 1. The van der Waals surface area contributed by atoms with Crippen LogP contribution in [0.5, 0.6) is 5.75 Å². The molecule has 1 atom stereocenters. The van der Waals surface area contributed by atoms with Crippen molar-refractivity contribution in [2.45, 2.75) is 45.1 Å². The molecule has 0 aromatic heterocycles. The number of nitrogens with one attached hydrogen (secondary N) is 2. The van der Waals surface area contributed by atoms with Crippen LogP contribution in [-0.4, -0.2) is 49.6 Å². The molecule has 1 aromatic rings. The van der Waals surface area contributed by atoms with E-state index in [9.17, 15) is 4.79 Å². The number of carbonyl (C=O) groups is 1. The summed E-state index contributed by atoms with van der Waals surface area (Å²) in [7, 11) is 0. The van der Waals surface area contributed by atoms with Crippen LogP contribution in [0.15, 0.2) is 18.2 Å². The van der Waals surface area contributed by atoms with Gasteiger partial charge in [-0.25, -0.2) is 0 Å². The fourth-order valence-electron chi connectivity index (χ4n) is 3.55. The third kappa shape index (κ3) is 6.95. The quantitative estimate of drug-likeness (QED) is 0.732. The van der Waals surface area contributed by atoms with Gasteiger partial charge in [-0.15, -0.1) is 24.8 Å². The summed E-state index contributed by atoms with van der Waals surface area (Å²) in [6, 6.07) is 6.21. The lowest BCUT2D eigenvalue weighted by Crippen LogP contribution is -2.27. The largest absolute Gasteiger partial charge is 0.492 e. The Morgan fingerprint density at radius 1 is 1.27 bits per heavy atom. The van der Waals surface area contributed by atoms with E-state index in [1.165, 1.54) is 32.4 Å². The average Bonchev–Trinajstić information content (AvgIpc) is 3.23. The number of aryl methyl sites for hydroxylation is 1. The zero-order valence-electron chi connectivity index (χ0n) is 15.5. The summed E-state index contributed by atoms with van der Waals surface area (Å²) in [6.45, 7) is 7.17. The highest BCUT2D eigenvalue weighted by Crippen LogP contribution is 2.22. The first kappa shape index (κ1) is 23.0. The molecule has 2 N–H and O–H groups in total.